The molecule has 2 rings (SSSR count). The molecule has 0 amide bonds. The van der Waals surface area contributed by atoms with Crippen molar-refractivity contribution < 1.29 is 18.3 Å². The van der Waals surface area contributed by atoms with E-state index in [0.717, 1.165) is 12.8 Å². The van der Waals surface area contributed by atoms with E-state index < -0.39 is 16.1 Å². The zero-order valence-electron chi connectivity index (χ0n) is 12.1. The second-order valence-corrected chi connectivity index (χ2v) is 7.64. The molecule has 1 aliphatic carbocycles. The maximum absolute atomic E-state index is 12.6. The molecule has 2 atom stereocenters. The van der Waals surface area contributed by atoms with E-state index in [4.69, 9.17) is 16.3 Å². The number of likely N-dealkylation sites (N-methyl/N-ethyl adjacent to an activating group) is 1. The number of aliphatic hydroxyl groups is 1. The normalized spacial score (nSPS) is 23.3. The van der Waals surface area contributed by atoms with Gasteiger partial charge in [-0.25, -0.2) is 8.42 Å². The quantitative estimate of drug-likeness (QED) is 0.918. The Hall–Kier alpha value is -0.820. The van der Waals surface area contributed by atoms with Gasteiger partial charge in [-0.05, 0) is 31.0 Å². The minimum absolute atomic E-state index is 0.105. The summed E-state index contributed by atoms with van der Waals surface area (Å²) in [7, 11) is -0.707. The van der Waals surface area contributed by atoms with Gasteiger partial charge in [-0.2, -0.15) is 4.31 Å². The lowest BCUT2D eigenvalue weighted by Crippen LogP contribution is -2.46. The van der Waals surface area contributed by atoms with Gasteiger partial charge in [-0.1, -0.05) is 24.4 Å². The summed E-state index contributed by atoms with van der Waals surface area (Å²) in [5, 5.41) is 10.3. The van der Waals surface area contributed by atoms with E-state index in [2.05, 4.69) is 0 Å². The fraction of sp³-hybridized carbons (Fsp3) is 0.571. The van der Waals surface area contributed by atoms with Crippen LogP contribution in [0.25, 0.3) is 0 Å². The Balaban J connectivity index is 2.30. The molecule has 0 aromatic heterocycles. The molecule has 0 heterocycles. The highest BCUT2D eigenvalue weighted by atomic mass is 35.5. The van der Waals surface area contributed by atoms with Gasteiger partial charge in [0.1, 0.15) is 5.75 Å². The molecule has 1 aromatic rings. The van der Waals surface area contributed by atoms with Gasteiger partial charge in [-0.3, -0.25) is 0 Å². The number of methoxy groups -OCH3 is 1. The van der Waals surface area contributed by atoms with Gasteiger partial charge >= 0.3 is 0 Å². The highest BCUT2D eigenvalue weighted by Gasteiger charge is 2.34. The number of hydrogen-bond acceptors (Lipinski definition) is 4. The molecule has 1 saturated carbocycles. The molecule has 1 aromatic carbocycles. The van der Waals surface area contributed by atoms with E-state index in [9.17, 15) is 13.5 Å². The molecular formula is C14H20ClNO4S. The van der Waals surface area contributed by atoms with Crippen LogP contribution in [0.1, 0.15) is 25.7 Å². The molecule has 0 unspecified atom stereocenters. The Morgan fingerprint density at radius 2 is 2.00 bits per heavy atom. The number of ether oxygens (including phenoxy) is 1. The number of benzene rings is 1. The van der Waals surface area contributed by atoms with Gasteiger partial charge in [0, 0.05) is 7.05 Å². The lowest BCUT2D eigenvalue weighted by molar-refractivity contribution is 0.0638. The van der Waals surface area contributed by atoms with E-state index >= 15 is 0 Å². The third-order valence-electron chi connectivity index (χ3n) is 3.96. The van der Waals surface area contributed by atoms with E-state index in [1.54, 1.807) is 0 Å². The molecule has 1 aliphatic rings. The summed E-state index contributed by atoms with van der Waals surface area (Å²) >= 11 is 6.00. The van der Waals surface area contributed by atoms with Crippen molar-refractivity contribution in [2.75, 3.05) is 14.2 Å². The van der Waals surface area contributed by atoms with Crippen LogP contribution < -0.4 is 4.74 Å². The van der Waals surface area contributed by atoms with Crippen molar-refractivity contribution in [3.05, 3.63) is 23.2 Å². The Morgan fingerprint density at radius 3 is 2.57 bits per heavy atom. The summed E-state index contributed by atoms with van der Waals surface area (Å²) in [4.78, 5) is 0.105. The van der Waals surface area contributed by atoms with E-state index in [0.29, 0.717) is 18.6 Å². The van der Waals surface area contributed by atoms with Crippen LogP contribution in [0, 0.1) is 0 Å². The zero-order valence-corrected chi connectivity index (χ0v) is 13.7. The molecule has 0 spiro atoms. The zero-order chi connectivity index (χ0) is 15.6. The Kier molecular flexibility index (Phi) is 5.14. The van der Waals surface area contributed by atoms with Crippen molar-refractivity contribution in [1.29, 1.82) is 0 Å². The number of aliphatic hydroxyl groups excluding tert-OH is 1. The highest BCUT2D eigenvalue weighted by Crippen LogP contribution is 2.31. The fourth-order valence-corrected chi connectivity index (χ4v) is 4.43. The summed E-state index contributed by atoms with van der Waals surface area (Å²) in [6, 6.07) is 3.98. The second kappa shape index (κ2) is 6.52. The summed E-state index contributed by atoms with van der Waals surface area (Å²) in [5.74, 6) is 0.427. The first kappa shape index (κ1) is 16.5. The lowest BCUT2D eigenvalue weighted by Gasteiger charge is -2.34. The van der Waals surface area contributed by atoms with E-state index in [-0.39, 0.29) is 16.0 Å². The Bertz CT molecular complexity index is 605. The van der Waals surface area contributed by atoms with Crippen molar-refractivity contribution in [1.82, 2.24) is 4.31 Å². The molecule has 118 valence electrons. The molecule has 5 nitrogen and oxygen atoms in total. The first-order valence-corrected chi connectivity index (χ1v) is 8.69. The SMILES string of the molecule is COc1ccc(S(=O)(=O)N(C)[C@@H]2CCCC[C@H]2O)cc1Cl. The van der Waals surface area contributed by atoms with Gasteiger partial charge < -0.3 is 9.84 Å². The first-order chi connectivity index (χ1) is 9.87. The second-order valence-electron chi connectivity index (χ2n) is 5.24. The number of sulfonamides is 1. The number of nitrogens with zero attached hydrogens (tertiary/aromatic N) is 1. The van der Waals surface area contributed by atoms with Crippen LogP contribution in [0.15, 0.2) is 23.1 Å². The number of hydrogen-bond donors (Lipinski definition) is 1. The van der Waals surface area contributed by atoms with Crippen molar-refractivity contribution in [3.8, 4) is 5.75 Å². The summed E-state index contributed by atoms with van der Waals surface area (Å²) < 4.78 is 31.6. The highest BCUT2D eigenvalue weighted by molar-refractivity contribution is 7.89. The first-order valence-electron chi connectivity index (χ1n) is 6.87. The monoisotopic (exact) mass is 333 g/mol. The van der Waals surface area contributed by atoms with Crippen LogP contribution in [0.4, 0.5) is 0 Å². The van der Waals surface area contributed by atoms with Gasteiger partial charge in [0.05, 0.1) is 29.2 Å². The van der Waals surface area contributed by atoms with Gasteiger partial charge in [0.15, 0.2) is 0 Å². The standard InChI is InChI=1S/C14H20ClNO4S/c1-16(12-5-3-4-6-13(12)17)21(18,19)10-7-8-14(20-2)11(15)9-10/h7-9,12-13,17H,3-6H2,1-2H3/t12-,13-/m1/s1. The van der Waals surface area contributed by atoms with Crippen LogP contribution >= 0.6 is 11.6 Å². The smallest absolute Gasteiger partial charge is 0.243 e. The van der Waals surface area contributed by atoms with Gasteiger partial charge in [0.2, 0.25) is 10.0 Å². The topological polar surface area (TPSA) is 66.8 Å². The average molecular weight is 334 g/mol. The van der Waals surface area contributed by atoms with Crippen LogP contribution in [-0.4, -0.2) is 44.1 Å². The van der Waals surface area contributed by atoms with Gasteiger partial charge in [-0.15, -0.1) is 0 Å². The Morgan fingerprint density at radius 1 is 1.33 bits per heavy atom. The van der Waals surface area contributed by atoms with Crippen LogP contribution in [0.3, 0.4) is 0 Å². The molecule has 7 heteroatoms. The van der Waals surface area contributed by atoms with Crippen molar-refractivity contribution >= 4 is 21.6 Å². The largest absolute Gasteiger partial charge is 0.495 e. The number of rotatable bonds is 4. The molecular weight excluding hydrogens is 314 g/mol. The van der Waals surface area contributed by atoms with Crippen molar-refractivity contribution in [2.45, 2.75) is 42.7 Å². The molecule has 0 bridgehead atoms. The van der Waals surface area contributed by atoms with Crippen LogP contribution in [0.5, 0.6) is 5.75 Å². The van der Waals surface area contributed by atoms with Crippen LogP contribution in [0.2, 0.25) is 5.02 Å². The third-order valence-corrected chi connectivity index (χ3v) is 6.14. The molecule has 0 saturated heterocycles. The summed E-state index contributed by atoms with van der Waals surface area (Å²) in [6.45, 7) is 0. The minimum Gasteiger partial charge on any atom is -0.495 e. The third kappa shape index (κ3) is 3.34. The van der Waals surface area contributed by atoms with E-state index in [1.807, 2.05) is 0 Å². The summed E-state index contributed by atoms with van der Waals surface area (Å²) in [5.41, 5.74) is 0. The minimum atomic E-state index is -3.69. The maximum atomic E-state index is 12.6. The van der Waals surface area contributed by atoms with Gasteiger partial charge in [0.25, 0.3) is 0 Å². The predicted molar refractivity (Wildman–Crippen MR) is 81.2 cm³/mol. The summed E-state index contributed by atoms with van der Waals surface area (Å²) in [6.07, 6.45) is 2.53. The van der Waals surface area contributed by atoms with E-state index in [1.165, 1.54) is 36.7 Å². The molecule has 1 fully saturated rings. The maximum Gasteiger partial charge on any atom is 0.243 e. The predicted octanol–water partition coefficient (Wildman–Crippen LogP) is 2.27. The van der Waals surface area contributed by atoms with Crippen molar-refractivity contribution in [3.63, 3.8) is 0 Å². The number of halogens is 1. The van der Waals surface area contributed by atoms with Crippen LogP contribution in [-0.2, 0) is 10.0 Å². The molecule has 0 aliphatic heterocycles. The lowest BCUT2D eigenvalue weighted by atomic mass is 9.93. The Labute approximate surface area is 130 Å². The fourth-order valence-electron chi connectivity index (χ4n) is 2.67. The molecule has 0 radical (unpaired) electrons. The average Bonchev–Trinajstić information content (AvgIpc) is 2.47. The molecule has 21 heavy (non-hydrogen) atoms. The van der Waals surface area contributed by atoms with Crippen molar-refractivity contribution in [2.24, 2.45) is 0 Å². The molecule has 1 N–H and O–H groups in total.